The van der Waals surface area contributed by atoms with Gasteiger partial charge in [0.25, 0.3) is 0 Å². The highest BCUT2D eigenvalue weighted by Gasteiger charge is 2.26. The van der Waals surface area contributed by atoms with E-state index in [1.807, 2.05) is 0 Å². The number of aryl methyl sites for hydroxylation is 1. The number of aromatic nitrogens is 1. The van der Waals surface area contributed by atoms with Crippen LogP contribution < -0.4 is 5.32 Å². The molecule has 1 N–H and O–H groups in total. The van der Waals surface area contributed by atoms with Crippen molar-refractivity contribution in [2.24, 2.45) is 0 Å². The fraction of sp³-hybridized carbons (Fsp3) is 0.600. The molecule has 2 heterocycles. The van der Waals surface area contributed by atoms with E-state index in [4.69, 9.17) is 0 Å². The summed E-state index contributed by atoms with van der Waals surface area (Å²) in [5, 5.41) is 5.28. The average molecular weight is 294 g/mol. The smallest absolute Gasteiger partial charge is 0.0721 e. The van der Waals surface area contributed by atoms with Crippen LogP contribution in [0, 0.1) is 0 Å². The number of hydrogen-bond donors (Lipinski definition) is 1. The SMILES string of the molecule is c1c(C2CCCCC2)cc2c3c(n4c2c1NCC4)CCCC3. The summed E-state index contributed by atoms with van der Waals surface area (Å²) < 4.78 is 2.64. The molecule has 22 heavy (non-hydrogen) atoms. The summed E-state index contributed by atoms with van der Waals surface area (Å²) in [6.07, 6.45) is 12.4. The molecule has 2 aromatic rings. The van der Waals surface area contributed by atoms with Crippen LogP contribution in [-0.2, 0) is 19.4 Å². The third-order valence-corrected chi connectivity index (χ3v) is 6.22. The first kappa shape index (κ1) is 13.0. The normalized spacial score (nSPS) is 21.6. The molecular formula is C20H26N2. The Morgan fingerprint density at radius 2 is 1.82 bits per heavy atom. The Hall–Kier alpha value is -1.44. The molecule has 116 valence electrons. The van der Waals surface area contributed by atoms with E-state index >= 15 is 0 Å². The molecule has 1 aromatic heterocycles. The van der Waals surface area contributed by atoms with Gasteiger partial charge in [-0.2, -0.15) is 0 Å². The number of hydrogen-bond acceptors (Lipinski definition) is 1. The second-order valence-electron chi connectivity index (χ2n) is 7.51. The van der Waals surface area contributed by atoms with Crippen LogP contribution in [0.5, 0.6) is 0 Å². The Kier molecular flexibility index (Phi) is 2.99. The van der Waals surface area contributed by atoms with Crippen molar-refractivity contribution in [1.29, 1.82) is 0 Å². The van der Waals surface area contributed by atoms with Gasteiger partial charge in [-0.3, -0.25) is 0 Å². The van der Waals surface area contributed by atoms with Crippen LogP contribution in [0.25, 0.3) is 10.9 Å². The molecule has 0 unspecified atom stereocenters. The highest BCUT2D eigenvalue weighted by Crippen LogP contribution is 2.42. The van der Waals surface area contributed by atoms with Gasteiger partial charge in [-0.05, 0) is 67.7 Å². The second-order valence-corrected chi connectivity index (χ2v) is 7.51. The van der Waals surface area contributed by atoms with Crippen molar-refractivity contribution in [2.75, 3.05) is 11.9 Å². The van der Waals surface area contributed by atoms with Crippen molar-refractivity contribution >= 4 is 16.6 Å². The first-order chi connectivity index (χ1) is 10.9. The molecule has 0 saturated heterocycles. The molecule has 2 heteroatoms. The van der Waals surface area contributed by atoms with E-state index in [-0.39, 0.29) is 0 Å². The van der Waals surface area contributed by atoms with E-state index in [1.165, 1.54) is 69.0 Å². The summed E-state index contributed by atoms with van der Waals surface area (Å²) in [7, 11) is 0. The van der Waals surface area contributed by atoms with Crippen molar-refractivity contribution in [3.8, 4) is 0 Å². The number of nitrogens with one attached hydrogen (secondary N) is 1. The van der Waals surface area contributed by atoms with Crippen LogP contribution in [0.1, 0.15) is 67.7 Å². The van der Waals surface area contributed by atoms with Gasteiger partial charge in [-0.1, -0.05) is 19.3 Å². The molecule has 0 bridgehead atoms. The zero-order valence-corrected chi connectivity index (χ0v) is 13.5. The van der Waals surface area contributed by atoms with Crippen LogP contribution in [0.15, 0.2) is 12.1 Å². The molecule has 1 saturated carbocycles. The summed E-state index contributed by atoms with van der Waals surface area (Å²) in [5.41, 5.74) is 7.88. The molecular weight excluding hydrogens is 268 g/mol. The molecule has 1 fully saturated rings. The van der Waals surface area contributed by atoms with Crippen LogP contribution in [0.3, 0.4) is 0 Å². The lowest BCUT2D eigenvalue weighted by Gasteiger charge is -2.25. The summed E-state index contributed by atoms with van der Waals surface area (Å²) in [6.45, 7) is 2.25. The molecule has 3 aliphatic rings. The summed E-state index contributed by atoms with van der Waals surface area (Å²) >= 11 is 0. The minimum Gasteiger partial charge on any atom is -0.382 e. The zero-order valence-electron chi connectivity index (χ0n) is 13.5. The lowest BCUT2D eigenvalue weighted by Crippen LogP contribution is -2.19. The second kappa shape index (κ2) is 5.04. The van der Waals surface area contributed by atoms with E-state index in [2.05, 4.69) is 22.0 Å². The van der Waals surface area contributed by atoms with Gasteiger partial charge in [-0.15, -0.1) is 0 Å². The Labute approximate surface area is 132 Å². The maximum atomic E-state index is 3.69. The average Bonchev–Trinajstić information content (AvgIpc) is 2.92. The summed E-state index contributed by atoms with van der Waals surface area (Å²) in [6, 6.07) is 5.06. The first-order valence-electron chi connectivity index (χ1n) is 9.33. The van der Waals surface area contributed by atoms with Crippen LogP contribution in [0.2, 0.25) is 0 Å². The Morgan fingerprint density at radius 3 is 2.73 bits per heavy atom. The highest BCUT2D eigenvalue weighted by atomic mass is 15.1. The van der Waals surface area contributed by atoms with Crippen LogP contribution in [0.4, 0.5) is 5.69 Å². The number of fused-ring (bicyclic) bond motifs is 3. The molecule has 5 rings (SSSR count). The van der Waals surface area contributed by atoms with E-state index in [0.29, 0.717) is 0 Å². The van der Waals surface area contributed by atoms with Gasteiger partial charge >= 0.3 is 0 Å². The minimum absolute atomic E-state index is 0.806. The quantitative estimate of drug-likeness (QED) is 0.783. The summed E-state index contributed by atoms with van der Waals surface area (Å²) in [4.78, 5) is 0. The lowest BCUT2D eigenvalue weighted by molar-refractivity contribution is 0.444. The predicted octanol–water partition coefficient (Wildman–Crippen LogP) is 4.99. The molecule has 2 nitrogen and oxygen atoms in total. The van der Waals surface area contributed by atoms with Gasteiger partial charge < -0.3 is 9.88 Å². The number of anilines is 1. The zero-order chi connectivity index (χ0) is 14.5. The summed E-state index contributed by atoms with van der Waals surface area (Å²) in [5.74, 6) is 0.806. The van der Waals surface area contributed by atoms with Crippen molar-refractivity contribution < 1.29 is 0 Å². The number of nitrogens with zero attached hydrogens (tertiary/aromatic N) is 1. The molecule has 0 radical (unpaired) electrons. The van der Waals surface area contributed by atoms with Crippen LogP contribution in [-0.4, -0.2) is 11.1 Å². The molecule has 0 spiro atoms. The Balaban J connectivity index is 1.72. The van der Waals surface area contributed by atoms with Crippen molar-refractivity contribution in [1.82, 2.24) is 4.57 Å². The predicted molar refractivity (Wildman–Crippen MR) is 92.9 cm³/mol. The largest absolute Gasteiger partial charge is 0.382 e. The van der Waals surface area contributed by atoms with Gasteiger partial charge in [0.05, 0.1) is 11.2 Å². The Morgan fingerprint density at radius 1 is 0.955 bits per heavy atom. The number of rotatable bonds is 1. The minimum atomic E-state index is 0.806. The molecule has 1 aromatic carbocycles. The fourth-order valence-electron chi connectivity index (χ4n) is 5.15. The van der Waals surface area contributed by atoms with Crippen molar-refractivity contribution in [2.45, 2.75) is 70.3 Å². The molecule has 0 atom stereocenters. The fourth-order valence-corrected chi connectivity index (χ4v) is 5.15. The molecule has 0 amide bonds. The maximum Gasteiger partial charge on any atom is 0.0721 e. The van der Waals surface area contributed by atoms with E-state index in [1.54, 1.807) is 22.2 Å². The third kappa shape index (κ3) is 1.85. The number of benzene rings is 1. The van der Waals surface area contributed by atoms with E-state index in [9.17, 15) is 0 Å². The maximum absolute atomic E-state index is 3.69. The van der Waals surface area contributed by atoms with Gasteiger partial charge in [0.15, 0.2) is 0 Å². The Bertz CT molecular complexity index is 719. The van der Waals surface area contributed by atoms with Crippen LogP contribution >= 0.6 is 0 Å². The standard InChI is InChI=1S/C20H26N2/c1-2-6-14(7-3-1)15-12-17-16-8-4-5-9-19(16)22-11-10-21-18(13-15)20(17)22/h12-14,21H,1-11H2. The van der Waals surface area contributed by atoms with Crippen molar-refractivity contribution in [3.05, 3.63) is 29.0 Å². The lowest BCUT2D eigenvalue weighted by atomic mass is 9.83. The monoisotopic (exact) mass is 294 g/mol. The topological polar surface area (TPSA) is 17.0 Å². The van der Waals surface area contributed by atoms with Gasteiger partial charge in [-0.25, -0.2) is 0 Å². The molecule has 2 aliphatic carbocycles. The van der Waals surface area contributed by atoms with Crippen molar-refractivity contribution in [3.63, 3.8) is 0 Å². The van der Waals surface area contributed by atoms with E-state index in [0.717, 1.165) is 19.0 Å². The van der Waals surface area contributed by atoms with Gasteiger partial charge in [0.1, 0.15) is 0 Å². The highest BCUT2D eigenvalue weighted by molar-refractivity contribution is 5.97. The van der Waals surface area contributed by atoms with E-state index < -0.39 is 0 Å². The third-order valence-electron chi connectivity index (χ3n) is 6.22. The molecule has 1 aliphatic heterocycles. The first-order valence-corrected chi connectivity index (χ1v) is 9.33. The van der Waals surface area contributed by atoms with Gasteiger partial charge in [0.2, 0.25) is 0 Å². The van der Waals surface area contributed by atoms with Gasteiger partial charge in [0, 0.05) is 24.2 Å².